The van der Waals surface area contributed by atoms with Crippen LogP contribution in [0.2, 0.25) is 0 Å². The van der Waals surface area contributed by atoms with Crippen LogP contribution in [-0.4, -0.2) is 60.2 Å². The lowest BCUT2D eigenvalue weighted by molar-refractivity contribution is -0.136. The fourth-order valence-electron chi connectivity index (χ4n) is 3.27. The van der Waals surface area contributed by atoms with Crippen molar-refractivity contribution < 1.29 is 23.9 Å². The molecular weight excluding hydrogens is 519 g/mol. The van der Waals surface area contributed by atoms with Gasteiger partial charge in [-0.25, -0.2) is 0 Å². The van der Waals surface area contributed by atoms with Gasteiger partial charge >= 0.3 is 0 Å². The number of carbonyl (C=O) groups is 3. The number of rotatable bonds is 7. The molecule has 1 aromatic carbocycles. The van der Waals surface area contributed by atoms with E-state index in [-0.39, 0.29) is 17.4 Å². The lowest BCUT2D eigenvalue weighted by atomic mass is 10.1. The average molecular weight is 542 g/mol. The van der Waals surface area contributed by atoms with Crippen LogP contribution in [0.25, 0.3) is 6.08 Å². The number of amides is 3. The van der Waals surface area contributed by atoms with Gasteiger partial charge in [0.05, 0.1) is 15.6 Å². The zero-order valence-electron chi connectivity index (χ0n) is 16.7. The number of hydrogen-bond donors (Lipinski definition) is 0. The van der Waals surface area contributed by atoms with Crippen molar-refractivity contribution in [2.24, 2.45) is 0 Å². The third-order valence-corrected chi connectivity index (χ3v) is 6.48. The van der Waals surface area contributed by atoms with E-state index in [2.05, 4.69) is 29.2 Å². The molecule has 3 rings (SSSR count). The number of carbonyl (C=O) groups excluding carboxylic acids is 3. The molecule has 2 saturated heterocycles. The average Bonchev–Trinajstić information content (AvgIpc) is 3.00. The number of ether oxygens (including phenoxy) is 2. The Hall–Kier alpha value is -2.01. The molecule has 2 fully saturated rings. The van der Waals surface area contributed by atoms with Gasteiger partial charge in [-0.1, -0.05) is 12.7 Å². The minimum absolute atomic E-state index is 0.182. The lowest BCUT2D eigenvalue weighted by Crippen LogP contribution is -2.44. The highest BCUT2D eigenvalue weighted by molar-refractivity contribution is 14.1. The quantitative estimate of drug-likeness (QED) is 0.296. The molecule has 0 atom stereocenters. The summed E-state index contributed by atoms with van der Waals surface area (Å²) in [6, 6.07) is 3.59. The second-order valence-electron chi connectivity index (χ2n) is 6.84. The number of nitrogens with zero attached hydrogens (tertiary/aromatic N) is 2. The molecule has 3 amide bonds. The number of likely N-dealkylation sites (tertiary alicyclic amines) is 1. The van der Waals surface area contributed by atoms with E-state index in [1.807, 2.05) is 6.07 Å². The van der Waals surface area contributed by atoms with Crippen molar-refractivity contribution in [3.05, 3.63) is 38.8 Å². The first-order chi connectivity index (χ1) is 14.4. The standard InChI is InChI=1S/C21H23IN2O5S/c1-3-9-29-19-15(22)10-14(11-16(19)28-2)12-17-20(26)24(21(27)30-17)13-18(25)23-7-5-4-6-8-23/h3,10-12H,1,4-9,13H2,2H3/b17-12+. The van der Waals surface area contributed by atoms with Crippen LogP contribution in [0, 0.1) is 3.57 Å². The van der Waals surface area contributed by atoms with E-state index in [0.29, 0.717) is 36.8 Å². The van der Waals surface area contributed by atoms with Gasteiger partial charge in [0.25, 0.3) is 11.1 Å². The molecule has 2 aliphatic rings. The molecule has 2 heterocycles. The van der Waals surface area contributed by atoms with Crippen LogP contribution in [-0.2, 0) is 9.59 Å². The largest absolute Gasteiger partial charge is 0.493 e. The maximum Gasteiger partial charge on any atom is 0.294 e. The van der Waals surface area contributed by atoms with Crippen LogP contribution in [0.1, 0.15) is 24.8 Å². The Morgan fingerprint density at radius 3 is 2.67 bits per heavy atom. The Morgan fingerprint density at radius 1 is 1.27 bits per heavy atom. The van der Waals surface area contributed by atoms with E-state index < -0.39 is 11.1 Å². The molecular formula is C21H23IN2O5S. The molecule has 1 aromatic rings. The predicted molar refractivity (Wildman–Crippen MR) is 125 cm³/mol. The molecule has 0 aliphatic carbocycles. The fraction of sp³-hybridized carbons (Fsp3) is 0.381. The van der Waals surface area contributed by atoms with Crippen molar-refractivity contribution in [2.75, 3.05) is 33.4 Å². The molecule has 0 aromatic heterocycles. The summed E-state index contributed by atoms with van der Waals surface area (Å²) in [5, 5.41) is -0.427. The van der Waals surface area contributed by atoms with Crippen molar-refractivity contribution in [3.63, 3.8) is 0 Å². The van der Waals surface area contributed by atoms with E-state index in [9.17, 15) is 14.4 Å². The molecule has 0 bridgehead atoms. The Morgan fingerprint density at radius 2 is 2.00 bits per heavy atom. The summed E-state index contributed by atoms with van der Waals surface area (Å²) >= 11 is 2.97. The molecule has 30 heavy (non-hydrogen) atoms. The molecule has 9 heteroatoms. The zero-order chi connectivity index (χ0) is 21.7. The first-order valence-electron chi connectivity index (χ1n) is 9.59. The second kappa shape index (κ2) is 10.3. The third kappa shape index (κ3) is 5.18. The Balaban J connectivity index is 1.77. The van der Waals surface area contributed by atoms with Crippen LogP contribution >= 0.6 is 34.4 Å². The monoisotopic (exact) mass is 542 g/mol. The third-order valence-electron chi connectivity index (χ3n) is 4.77. The fourth-order valence-corrected chi connectivity index (χ4v) is 4.89. The van der Waals surface area contributed by atoms with Crippen LogP contribution in [0.4, 0.5) is 4.79 Å². The maximum absolute atomic E-state index is 12.8. The Bertz CT molecular complexity index is 896. The van der Waals surface area contributed by atoms with Gasteiger partial charge in [-0.2, -0.15) is 0 Å². The van der Waals surface area contributed by atoms with Gasteiger partial charge in [0.1, 0.15) is 13.2 Å². The number of piperidine rings is 1. The van der Waals surface area contributed by atoms with Gasteiger partial charge in [-0.05, 0) is 77.4 Å². The number of halogens is 1. The van der Waals surface area contributed by atoms with E-state index >= 15 is 0 Å². The van der Waals surface area contributed by atoms with Gasteiger partial charge in [0.15, 0.2) is 11.5 Å². The summed E-state index contributed by atoms with van der Waals surface area (Å²) < 4.78 is 11.9. The molecule has 0 unspecified atom stereocenters. The highest BCUT2D eigenvalue weighted by Crippen LogP contribution is 2.37. The van der Waals surface area contributed by atoms with Gasteiger partial charge < -0.3 is 14.4 Å². The number of hydrogen-bond acceptors (Lipinski definition) is 6. The number of thioether (sulfide) groups is 1. The minimum Gasteiger partial charge on any atom is -0.493 e. The first-order valence-corrected chi connectivity index (χ1v) is 11.5. The second-order valence-corrected chi connectivity index (χ2v) is 9.00. The molecule has 160 valence electrons. The number of imide groups is 1. The van der Waals surface area contributed by atoms with E-state index in [0.717, 1.165) is 39.5 Å². The van der Waals surface area contributed by atoms with E-state index in [1.165, 1.54) is 7.11 Å². The smallest absolute Gasteiger partial charge is 0.294 e. The molecule has 0 saturated carbocycles. The molecule has 0 spiro atoms. The van der Waals surface area contributed by atoms with Gasteiger partial charge in [0.2, 0.25) is 5.91 Å². The van der Waals surface area contributed by atoms with Crippen LogP contribution in [0.3, 0.4) is 0 Å². The number of benzene rings is 1. The molecule has 0 radical (unpaired) electrons. The summed E-state index contributed by atoms with van der Waals surface area (Å²) in [5.41, 5.74) is 0.704. The van der Waals surface area contributed by atoms with Gasteiger partial charge in [-0.3, -0.25) is 19.3 Å². The van der Waals surface area contributed by atoms with Crippen molar-refractivity contribution in [1.29, 1.82) is 0 Å². The predicted octanol–water partition coefficient (Wildman–Crippen LogP) is 3.91. The van der Waals surface area contributed by atoms with Crippen molar-refractivity contribution in [2.45, 2.75) is 19.3 Å². The Labute approximate surface area is 193 Å². The summed E-state index contributed by atoms with van der Waals surface area (Å²) in [5.74, 6) is 0.486. The summed E-state index contributed by atoms with van der Waals surface area (Å²) in [7, 11) is 1.54. The first kappa shape index (κ1) is 22.7. The summed E-state index contributed by atoms with van der Waals surface area (Å²) in [4.78, 5) is 40.6. The zero-order valence-corrected chi connectivity index (χ0v) is 19.7. The SMILES string of the molecule is C=CCOc1c(I)cc(/C=C2/SC(=O)N(CC(=O)N3CCCCC3)C2=O)cc1OC. The van der Waals surface area contributed by atoms with Crippen molar-refractivity contribution in [3.8, 4) is 11.5 Å². The van der Waals surface area contributed by atoms with E-state index in [4.69, 9.17) is 9.47 Å². The van der Waals surface area contributed by atoms with Crippen molar-refractivity contribution in [1.82, 2.24) is 9.80 Å². The highest BCUT2D eigenvalue weighted by Gasteiger charge is 2.37. The lowest BCUT2D eigenvalue weighted by Gasteiger charge is -2.27. The topological polar surface area (TPSA) is 76.2 Å². The summed E-state index contributed by atoms with van der Waals surface area (Å²) in [6.07, 6.45) is 6.30. The molecule has 2 aliphatic heterocycles. The van der Waals surface area contributed by atoms with E-state index in [1.54, 1.807) is 23.1 Å². The Kier molecular flexibility index (Phi) is 7.81. The van der Waals surface area contributed by atoms with Crippen LogP contribution < -0.4 is 9.47 Å². The van der Waals surface area contributed by atoms with Crippen LogP contribution in [0.15, 0.2) is 29.7 Å². The minimum atomic E-state index is -0.448. The maximum atomic E-state index is 12.8. The van der Waals surface area contributed by atoms with Gasteiger partial charge in [-0.15, -0.1) is 0 Å². The normalized spacial score (nSPS) is 18.1. The summed E-state index contributed by atoms with van der Waals surface area (Å²) in [6.45, 7) is 5.14. The molecule has 0 N–H and O–H groups in total. The van der Waals surface area contributed by atoms with Crippen molar-refractivity contribution >= 4 is 57.5 Å². The van der Waals surface area contributed by atoms with Crippen LogP contribution in [0.5, 0.6) is 11.5 Å². The number of methoxy groups -OCH3 is 1. The van der Waals surface area contributed by atoms with Gasteiger partial charge in [0, 0.05) is 13.1 Å². The highest BCUT2D eigenvalue weighted by atomic mass is 127. The molecule has 7 nitrogen and oxygen atoms in total.